The Bertz CT molecular complexity index is 679. The van der Waals surface area contributed by atoms with Gasteiger partial charge in [0.05, 0.1) is 6.61 Å². The maximum Gasteiger partial charge on any atom is 0.342 e. The Kier molecular flexibility index (Phi) is 5.51. The molecule has 122 valence electrons. The van der Waals surface area contributed by atoms with Crippen molar-refractivity contribution in [3.05, 3.63) is 41.2 Å². The number of rotatable bonds is 0. The number of benzene rings is 1. The smallest absolute Gasteiger partial charge is 0.342 e. The molecule has 0 unspecified atom stereocenters. The monoisotopic (exact) mass is 319 g/mol. The van der Waals surface area contributed by atoms with Crippen molar-refractivity contribution in [3.8, 4) is 5.75 Å². The van der Waals surface area contributed by atoms with Gasteiger partial charge in [0, 0.05) is 24.6 Å². The summed E-state index contributed by atoms with van der Waals surface area (Å²) in [5.41, 5.74) is 6.47. The summed E-state index contributed by atoms with van der Waals surface area (Å²) in [6, 6.07) is 2.83. The Morgan fingerprint density at radius 2 is 2.00 bits per heavy atom. The summed E-state index contributed by atoms with van der Waals surface area (Å²) in [6.07, 6.45) is 5.71. The molecule has 0 fully saturated rings. The van der Waals surface area contributed by atoms with Gasteiger partial charge in [-0.1, -0.05) is 12.2 Å². The summed E-state index contributed by atoms with van der Waals surface area (Å²) < 4.78 is 18.5. The summed E-state index contributed by atoms with van der Waals surface area (Å²) in [5.74, 6) is -2.35. The number of cyclic esters (lactones) is 1. The van der Waals surface area contributed by atoms with Crippen LogP contribution in [0.4, 0.5) is 10.1 Å². The third kappa shape index (κ3) is 4.42. The van der Waals surface area contributed by atoms with Crippen molar-refractivity contribution < 1.29 is 23.8 Å². The highest BCUT2D eigenvalue weighted by molar-refractivity contribution is 5.97. The highest BCUT2D eigenvalue weighted by Gasteiger charge is 2.18. The Morgan fingerprint density at radius 1 is 1.22 bits per heavy atom. The molecule has 0 aliphatic carbocycles. The quantitative estimate of drug-likeness (QED) is 0.566. The van der Waals surface area contributed by atoms with Gasteiger partial charge in [0.15, 0.2) is 11.6 Å². The summed E-state index contributed by atoms with van der Waals surface area (Å²) >= 11 is 0. The van der Waals surface area contributed by atoms with E-state index >= 15 is 0 Å². The lowest BCUT2D eigenvalue weighted by molar-refractivity contribution is -0.117. The molecule has 0 aromatic heterocycles. The maximum absolute atomic E-state index is 13.5. The molecule has 23 heavy (non-hydrogen) atoms. The maximum atomic E-state index is 13.5. The van der Waals surface area contributed by atoms with Crippen LogP contribution in [0.5, 0.6) is 5.75 Å². The predicted octanol–water partition coefficient (Wildman–Crippen LogP) is 3.14. The molecule has 5 nitrogen and oxygen atoms in total. The van der Waals surface area contributed by atoms with E-state index in [1.54, 1.807) is 18.2 Å². The zero-order chi connectivity index (χ0) is 16.8. The second kappa shape index (κ2) is 7.58. The first-order chi connectivity index (χ1) is 11.0. The molecule has 6 heteroatoms. The molecule has 1 aromatic carbocycles. The van der Waals surface area contributed by atoms with Crippen LogP contribution in [0, 0.1) is 0 Å². The Hall–Kier alpha value is -2.63. The number of ketones is 1. The van der Waals surface area contributed by atoms with Gasteiger partial charge < -0.3 is 15.6 Å². The number of nitrogens with two attached hydrogens (primary N) is 1. The van der Waals surface area contributed by atoms with Crippen LogP contribution in [0.25, 0.3) is 6.08 Å². The third-order valence-corrected chi connectivity index (χ3v) is 3.39. The lowest BCUT2D eigenvalue weighted by Crippen LogP contribution is -2.09. The molecular weight excluding hydrogens is 301 g/mol. The first kappa shape index (κ1) is 16.7. The lowest BCUT2D eigenvalue weighted by atomic mass is 10.0. The molecular formula is C17H18FNO4. The number of halogens is 1. The minimum absolute atomic E-state index is 0.0213. The summed E-state index contributed by atoms with van der Waals surface area (Å²) in [5, 5.41) is 9.96. The standard InChI is InChI=1S/C17H18FNO4/c18-13-6-4-8-23-17(22)16-11(9-12(19)10-15(16)21)5-2-1-3-7-14(13)20/h2,5-6,9-10,21H,1,3-4,7-8,19H2/b5-2+,13-6+. The number of allylic oxidation sites excluding steroid dienone is 2. The van der Waals surface area contributed by atoms with E-state index in [0.717, 1.165) is 6.08 Å². The number of hydrogen-bond acceptors (Lipinski definition) is 5. The number of phenolic OH excluding ortho intramolecular Hbond substituents is 1. The lowest BCUT2D eigenvalue weighted by Gasteiger charge is -2.10. The van der Waals surface area contributed by atoms with Crippen molar-refractivity contribution in [2.75, 3.05) is 12.3 Å². The molecule has 1 heterocycles. The number of ether oxygens (including phenoxy) is 1. The molecule has 1 aromatic rings. The third-order valence-electron chi connectivity index (χ3n) is 3.39. The van der Waals surface area contributed by atoms with Crippen LogP contribution >= 0.6 is 0 Å². The van der Waals surface area contributed by atoms with Crippen LogP contribution < -0.4 is 5.73 Å². The van der Waals surface area contributed by atoms with E-state index in [0.29, 0.717) is 24.1 Å². The largest absolute Gasteiger partial charge is 0.507 e. The van der Waals surface area contributed by atoms with E-state index in [4.69, 9.17) is 10.5 Å². The second-order valence-electron chi connectivity index (χ2n) is 5.20. The number of nitrogen functional groups attached to an aromatic ring is 1. The molecule has 0 amide bonds. The Morgan fingerprint density at radius 3 is 2.78 bits per heavy atom. The van der Waals surface area contributed by atoms with Crippen LogP contribution in [0.3, 0.4) is 0 Å². The number of anilines is 1. The number of esters is 1. The van der Waals surface area contributed by atoms with Gasteiger partial charge in [0.25, 0.3) is 0 Å². The summed E-state index contributed by atoms with van der Waals surface area (Å²) in [7, 11) is 0. The van der Waals surface area contributed by atoms with Crippen LogP contribution in [0.2, 0.25) is 0 Å². The molecule has 0 radical (unpaired) electrons. The van der Waals surface area contributed by atoms with Crippen LogP contribution in [-0.4, -0.2) is 23.5 Å². The number of carbonyl (C=O) groups is 2. The van der Waals surface area contributed by atoms with Crippen molar-refractivity contribution in [2.45, 2.75) is 25.7 Å². The first-order valence-electron chi connectivity index (χ1n) is 7.34. The Labute approximate surface area is 133 Å². The van der Waals surface area contributed by atoms with Gasteiger partial charge in [-0.3, -0.25) is 4.79 Å². The van der Waals surface area contributed by atoms with E-state index < -0.39 is 17.6 Å². The molecule has 0 bridgehead atoms. The van der Waals surface area contributed by atoms with Gasteiger partial charge in [0.2, 0.25) is 0 Å². The highest BCUT2D eigenvalue weighted by atomic mass is 19.1. The average Bonchev–Trinajstić information content (AvgIpc) is 2.49. The number of fused-ring (bicyclic) bond motifs is 1. The molecule has 0 saturated carbocycles. The number of carbonyl (C=O) groups excluding carboxylic acids is 2. The zero-order valence-electron chi connectivity index (χ0n) is 12.5. The van der Waals surface area contributed by atoms with Crippen molar-refractivity contribution in [1.82, 2.24) is 0 Å². The fourth-order valence-corrected chi connectivity index (χ4v) is 2.26. The molecule has 1 aliphatic heterocycles. The topological polar surface area (TPSA) is 89.6 Å². The normalized spacial score (nSPS) is 20.7. The van der Waals surface area contributed by atoms with E-state index in [9.17, 15) is 19.1 Å². The van der Waals surface area contributed by atoms with Crippen molar-refractivity contribution in [3.63, 3.8) is 0 Å². The van der Waals surface area contributed by atoms with Crippen LogP contribution in [0.1, 0.15) is 41.6 Å². The van der Waals surface area contributed by atoms with Gasteiger partial charge in [-0.05, 0) is 30.5 Å². The average molecular weight is 319 g/mol. The number of aromatic hydroxyl groups is 1. The van der Waals surface area contributed by atoms with Crippen LogP contribution in [0.15, 0.2) is 30.1 Å². The Balaban J connectivity index is 2.31. The summed E-state index contributed by atoms with van der Waals surface area (Å²) in [4.78, 5) is 23.6. The van der Waals surface area contributed by atoms with E-state index in [2.05, 4.69) is 0 Å². The van der Waals surface area contributed by atoms with Gasteiger partial charge in [-0.25, -0.2) is 9.18 Å². The van der Waals surface area contributed by atoms with Crippen LogP contribution in [-0.2, 0) is 9.53 Å². The van der Waals surface area contributed by atoms with Crippen molar-refractivity contribution >= 4 is 23.5 Å². The van der Waals surface area contributed by atoms with Gasteiger partial charge in [-0.2, -0.15) is 0 Å². The van der Waals surface area contributed by atoms with Crippen molar-refractivity contribution in [2.24, 2.45) is 0 Å². The number of phenols is 1. The number of Topliss-reactive ketones (excluding diaryl/α,β-unsaturated/α-hetero) is 1. The van der Waals surface area contributed by atoms with E-state index in [1.807, 2.05) is 0 Å². The van der Waals surface area contributed by atoms with Gasteiger partial charge >= 0.3 is 5.97 Å². The molecule has 0 saturated heterocycles. The predicted molar refractivity (Wildman–Crippen MR) is 84.5 cm³/mol. The van der Waals surface area contributed by atoms with E-state index in [-0.39, 0.29) is 30.8 Å². The molecule has 0 spiro atoms. The molecule has 0 atom stereocenters. The summed E-state index contributed by atoms with van der Waals surface area (Å²) in [6.45, 7) is -0.0908. The molecule has 1 aliphatic rings. The minimum atomic E-state index is -0.807. The van der Waals surface area contributed by atoms with Crippen molar-refractivity contribution in [1.29, 1.82) is 0 Å². The SMILES string of the molecule is Nc1cc(O)c2c(c1)/C=C/CCCC(=O)/C(F)=C\CCOC2=O. The minimum Gasteiger partial charge on any atom is -0.507 e. The molecule has 2 rings (SSSR count). The van der Waals surface area contributed by atoms with E-state index in [1.165, 1.54) is 6.07 Å². The first-order valence-corrected chi connectivity index (χ1v) is 7.34. The fraction of sp³-hybridized carbons (Fsp3) is 0.294. The zero-order valence-corrected chi connectivity index (χ0v) is 12.5. The van der Waals surface area contributed by atoms with Gasteiger partial charge in [0.1, 0.15) is 11.3 Å². The molecule has 3 N–H and O–H groups in total. The highest BCUT2D eigenvalue weighted by Crippen LogP contribution is 2.27. The number of hydrogen-bond donors (Lipinski definition) is 2. The van der Waals surface area contributed by atoms with Gasteiger partial charge in [-0.15, -0.1) is 0 Å². The fourth-order valence-electron chi connectivity index (χ4n) is 2.26. The second-order valence-corrected chi connectivity index (χ2v) is 5.20.